The Morgan fingerprint density at radius 2 is 1.88 bits per heavy atom. The first-order valence-electron chi connectivity index (χ1n) is 7.15. The average Bonchev–Trinajstić information content (AvgIpc) is 2.30. The van der Waals surface area contributed by atoms with Crippen molar-refractivity contribution in [1.29, 1.82) is 0 Å². The average molecular weight is 244 g/mol. The van der Waals surface area contributed by atoms with Crippen LogP contribution in [0.5, 0.6) is 0 Å². The van der Waals surface area contributed by atoms with Gasteiger partial charge < -0.3 is 4.90 Å². The van der Waals surface area contributed by atoms with E-state index in [1.807, 2.05) is 0 Å². The molecule has 1 saturated heterocycles. The molecule has 0 amide bonds. The normalized spacial score (nSPS) is 21.4. The van der Waals surface area contributed by atoms with Crippen LogP contribution in [0.2, 0.25) is 0 Å². The second-order valence-corrected chi connectivity index (χ2v) is 5.80. The van der Waals surface area contributed by atoms with E-state index in [2.05, 4.69) is 25.7 Å². The molecule has 0 aromatic carbocycles. The molecule has 1 aliphatic heterocycles. The molecule has 1 fully saturated rings. The fourth-order valence-corrected chi connectivity index (χ4v) is 2.92. The maximum absolute atomic E-state index is 12.7. The van der Waals surface area contributed by atoms with Gasteiger partial charge in [0.25, 0.3) is 0 Å². The molecule has 0 aliphatic carbocycles. The molecule has 1 unspecified atom stereocenters. The van der Waals surface area contributed by atoms with Crippen molar-refractivity contribution in [2.24, 2.45) is 11.8 Å². The minimum atomic E-state index is 0.558. The summed E-state index contributed by atoms with van der Waals surface area (Å²) < 4.78 is 12.7. The summed E-state index contributed by atoms with van der Waals surface area (Å²) in [6.45, 7) is 9.85. The number of hydrogen-bond donors (Lipinski definition) is 0. The molecule has 0 bridgehead atoms. The second-order valence-electron chi connectivity index (χ2n) is 5.80. The highest BCUT2D eigenvalue weighted by molar-refractivity contribution is 4.79. The lowest BCUT2D eigenvalue weighted by Crippen LogP contribution is -2.43. The lowest BCUT2D eigenvalue weighted by Gasteiger charge is -2.38. The van der Waals surface area contributed by atoms with Crippen LogP contribution in [-0.2, 0) is 0 Å². The molecule has 0 saturated carbocycles. The van der Waals surface area contributed by atoms with Crippen molar-refractivity contribution in [3.05, 3.63) is 0 Å². The fraction of sp³-hybridized carbons (Fsp3) is 1.00. The lowest BCUT2D eigenvalue weighted by atomic mass is 9.86. The smallest absolute Gasteiger partial charge is 0.0302 e. The van der Waals surface area contributed by atoms with Crippen LogP contribution in [0, 0.1) is 11.8 Å². The minimum Gasteiger partial charge on any atom is -0.300 e. The van der Waals surface area contributed by atoms with Gasteiger partial charge in [-0.1, -0.05) is 20.8 Å². The molecule has 1 aliphatic rings. The Hall–Kier alpha value is -0.150. The Morgan fingerprint density at radius 3 is 2.29 bits per heavy atom. The zero-order valence-corrected chi connectivity index (χ0v) is 12.0. The number of likely N-dealkylation sites (tertiary alicyclic amines) is 1. The number of halogens is 1. The van der Waals surface area contributed by atoms with Crippen molar-refractivity contribution in [1.82, 2.24) is 10.0 Å². The van der Waals surface area contributed by atoms with Crippen molar-refractivity contribution >= 4 is 0 Å². The van der Waals surface area contributed by atoms with Crippen LogP contribution in [0.25, 0.3) is 0 Å². The van der Waals surface area contributed by atoms with Crippen molar-refractivity contribution in [3.8, 4) is 0 Å². The molecule has 3 heteroatoms. The predicted octanol–water partition coefficient (Wildman–Crippen LogP) is 3.34. The molecule has 0 radical (unpaired) electrons. The molecule has 1 rings (SSSR count). The molecule has 2 nitrogen and oxygen atoms in total. The maximum atomic E-state index is 12.7. The largest absolute Gasteiger partial charge is 0.300 e. The third-order valence-corrected chi connectivity index (χ3v) is 4.28. The molecule has 1 heterocycles. The Balaban J connectivity index is 2.34. The molecule has 17 heavy (non-hydrogen) atoms. The van der Waals surface area contributed by atoms with Gasteiger partial charge in [-0.3, -0.25) is 0 Å². The zero-order valence-electron chi connectivity index (χ0n) is 12.0. The van der Waals surface area contributed by atoms with Gasteiger partial charge in [0, 0.05) is 19.6 Å². The monoisotopic (exact) mass is 244 g/mol. The Morgan fingerprint density at radius 1 is 1.29 bits per heavy atom. The summed E-state index contributed by atoms with van der Waals surface area (Å²) in [5.74, 6) is 1.71. The first kappa shape index (κ1) is 14.9. The van der Waals surface area contributed by atoms with Crippen LogP contribution >= 0.6 is 0 Å². The van der Waals surface area contributed by atoms with Gasteiger partial charge in [-0.15, -0.1) is 9.60 Å². The Labute approximate surface area is 106 Å². The molecule has 1 atom stereocenters. The van der Waals surface area contributed by atoms with Gasteiger partial charge in [-0.2, -0.15) is 0 Å². The lowest BCUT2D eigenvalue weighted by molar-refractivity contribution is 0.0379. The summed E-state index contributed by atoms with van der Waals surface area (Å²) in [6.07, 6.45) is 4.73. The number of hydrogen-bond acceptors (Lipinski definition) is 2. The first-order valence-corrected chi connectivity index (χ1v) is 7.15. The van der Waals surface area contributed by atoms with E-state index in [1.54, 1.807) is 0 Å². The predicted molar refractivity (Wildman–Crippen MR) is 71.6 cm³/mol. The standard InChI is InChI=1S/C14H29FN2/c1-5-14(8-9-16(4)15)17-10-6-13(7-11-17)12(2)3/h12-14H,5-11H2,1-4H3. The summed E-state index contributed by atoms with van der Waals surface area (Å²) in [5, 5.41) is 0.809. The highest BCUT2D eigenvalue weighted by atomic mass is 19.2. The van der Waals surface area contributed by atoms with E-state index in [9.17, 15) is 4.48 Å². The summed E-state index contributed by atoms with van der Waals surface area (Å²) >= 11 is 0. The Bertz CT molecular complexity index is 198. The van der Waals surface area contributed by atoms with Crippen LogP contribution in [0.1, 0.15) is 46.5 Å². The first-order chi connectivity index (χ1) is 8.04. The zero-order chi connectivity index (χ0) is 12.8. The molecule has 0 aromatic rings. The van der Waals surface area contributed by atoms with Crippen molar-refractivity contribution in [2.75, 3.05) is 26.7 Å². The fourth-order valence-electron chi connectivity index (χ4n) is 2.92. The van der Waals surface area contributed by atoms with Gasteiger partial charge in [0.1, 0.15) is 0 Å². The third kappa shape index (κ3) is 4.92. The molecular formula is C14H29FN2. The highest BCUT2D eigenvalue weighted by Gasteiger charge is 2.25. The van der Waals surface area contributed by atoms with Gasteiger partial charge in [0.2, 0.25) is 0 Å². The topological polar surface area (TPSA) is 6.48 Å². The van der Waals surface area contributed by atoms with E-state index in [4.69, 9.17) is 0 Å². The third-order valence-electron chi connectivity index (χ3n) is 4.28. The summed E-state index contributed by atoms with van der Waals surface area (Å²) in [7, 11) is 1.51. The molecule has 102 valence electrons. The van der Waals surface area contributed by atoms with Crippen LogP contribution in [0.15, 0.2) is 0 Å². The van der Waals surface area contributed by atoms with Gasteiger partial charge >= 0.3 is 0 Å². The molecule has 0 N–H and O–H groups in total. The van der Waals surface area contributed by atoms with Crippen molar-refractivity contribution in [3.63, 3.8) is 0 Å². The number of rotatable bonds is 6. The summed E-state index contributed by atoms with van der Waals surface area (Å²) in [5.41, 5.74) is 0. The number of nitrogens with zero attached hydrogens (tertiary/aromatic N) is 2. The molecule has 0 aromatic heterocycles. The summed E-state index contributed by atoms with van der Waals surface area (Å²) in [4.78, 5) is 2.57. The van der Waals surface area contributed by atoms with Gasteiger partial charge in [-0.25, -0.2) is 0 Å². The second kappa shape index (κ2) is 7.32. The minimum absolute atomic E-state index is 0.558. The van der Waals surface area contributed by atoms with Crippen LogP contribution in [0.3, 0.4) is 0 Å². The van der Waals surface area contributed by atoms with Crippen LogP contribution in [-0.4, -0.2) is 42.7 Å². The van der Waals surface area contributed by atoms with E-state index < -0.39 is 0 Å². The van der Waals surface area contributed by atoms with Gasteiger partial charge in [0.05, 0.1) is 0 Å². The highest BCUT2D eigenvalue weighted by Crippen LogP contribution is 2.26. The van der Waals surface area contributed by atoms with Crippen molar-refractivity contribution in [2.45, 2.75) is 52.5 Å². The SMILES string of the molecule is CCC(CCN(C)F)N1CCC(C(C)C)CC1. The van der Waals surface area contributed by atoms with E-state index in [0.717, 1.165) is 29.8 Å². The van der Waals surface area contributed by atoms with Gasteiger partial charge in [0.15, 0.2) is 0 Å². The van der Waals surface area contributed by atoms with Crippen LogP contribution < -0.4 is 0 Å². The molecule has 0 spiro atoms. The Kier molecular flexibility index (Phi) is 6.42. The summed E-state index contributed by atoms with van der Waals surface area (Å²) in [6, 6.07) is 0.571. The van der Waals surface area contributed by atoms with E-state index in [0.29, 0.717) is 12.6 Å². The van der Waals surface area contributed by atoms with E-state index in [-0.39, 0.29) is 0 Å². The van der Waals surface area contributed by atoms with E-state index >= 15 is 0 Å². The maximum Gasteiger partial charge on any atom is 0.0302 e. The molecular weight excluding hydrogens is 215 g/mol. The van der Waals surface area contributed by atoms with Crippen LogP contribution in [0.4, 0.5) is 4.48 Å². The van der Waals surface area contributed by atoms with E-state index in [1.165, 1.54) is 33.0 Å². The van der Waals surface area contributed by atoms with Gasteiger partial charge in [-0.05, 0) is 50.6 Å². The quantitative estimate of drug-likeness (QED) is 0.661. The number of piperidine rings is 1. The van der Waals surface area contributed by atoms with Crippen molar-refractivity contribution < 1.29 is 4.48 Å².